The maximum Gasteiger partial charge on any atom is 0.312 e. The molecule has 0 aliphatic carbocycles. The molecule has 1 N–H and O–H groups in total. The van der Waals surface area contributed by atoms with Gasteiger partial charge < -0.3 is 24.0 Å². The van der Waals surface area contributed by atoms with Crippen molar-refractivity contribution in [3.8, 4) is 22.3 Å². The lowest BCUT2D eigenvalue weighted by molar-refractivity contribution is -0.240. The second kappa shape index (κ2) is 10.5. The summed E-state index contributed by atoms with van der Waals surface area (Å²) in [6.45, 7) is 7.26. The number of hydrogen-bond donors (Lipinski definition) is 1. The summed E-state index contributed by atoms with van der Waals surface area (Å²) in [4.78, 5) is 15.6. The van der Waals surface area contributed by atoms with E-state index in [0.717, 1.165) is 40.9 Å². The number of likely N-dealkylation sites (N-methyl/N-ethyl adjacent to an activating group) is 1. The molecular formula is C31H37ClN2O4. The summed E-state index contributed by atoms with van der Waals surface area (Å²) in [5, 5.41) is 11.3. The van der Waals surface area contributed by atoms with Gasteiger partial charge in [-0.05, 0) is 62.5 Å². The van der Waals surface area contributed by atoms with E-state index >= 15 is 0 Å². The molecule has 1 aromatic heterocycles. The number of aromatic nitrogens is 1. The molecule has 3 aromatic rings. The van der Waals surface area contributed by atoms with Crippen molar-refractivity contribution in [2.45, 2.75) is 71.1 Å². The van der Waals surface area contributed by atoms with E-state index in [1.54, 1.807) is 0 Å². The number of hydrogen-bond acceptors (Lipinski definition) is 5. The molecule has 2 aliphatic heterocycles. The number of halogens is 1. The van der Waals surface area contributed by atoms with Crippen LogP contribution in [0.25, 0.3) is 22.3 Å². The van der Waals surface area contributed by atoms with Crippen LogP contribution in [0.5, 0.6) is 0 Å². The van der Waals surface area contributed by atoms with Crippen molar-refractivity contribution in [2.75, 3.05) is 14.1 Å². The number of carbonyl (C=O) groups excluding carboxylic acids is 1. The van der Waals surface area contributed by atoms with Crippen LogP contribution < -0.4 is 0 Å². The molecule has 0 bridgehead atoms. The van der Waals surface area contributed by atoms with E-state index in [1.165, 1.54) is 5.69 Å². The fraction of sp³-hybridized carbons (Fsp3) is 0.452. The van der Waals surface area contributed by atoms with Gasteiger partial charge in [-0.3, -0.25) is 4.79 Å². The average molecular weight is 537 g/mol. The van der Waals surface area contributed by atoms with Crippen LogP contribution in [-0.2, 0) is 33.7 Å². The van der Waals surface area contributed by atoms with Crippen molar-refractivity contribution in [2.24, 2.45) is 5.41 Å². The summed E-state index contributed by atoms with van der Waals surface area (Å²) in [5.74, 6) is -0.376. The van der Waals surface area contributed by atoms with Gasteiger partial charge in [-0.15, -0.1) is 0 Å². The first-order valence-corrected chi connectivity index (χ1v) is 13.7. The zero-order chi connectivity index (χ0) is 27.2. The Hall–Kier alpha value is -2.64. The van der Waals surface area contributed by atoms with Crippen molar-refractivity contribution in [3.63, 3.8) is 0 Å². The standard InChI is InChI=1S/C31H37ClN2O4/c1-19-15-24(33(4)5)29(30(36)37-19)38-26(35)16-23-27(21-11-13-22(32)14-12-21)28(20-9-7-6-8-10-20)25-17-31(2,3)18-34(23)25/h6-14,19,24,29-30,36H,15-18H2,1-5H3/t19-,24+,29-,30-/m1/s1. The van der Waals surface area contributed by atoms with Gasteiger partial charge in [0.1, 0.15) is 0 Å². The molecule has 0 spiro atoms. The molecule has 2 aromatic carbocycles. The SMILES string of the molecule is C[C@@H]1C[C@H](N(C)C)[C@@H](OC(=O)Cc2c(-c3ccc(Cl)cc3)c(-c3ccccc3)c3n2CC(C)(C)C3)[C@H](O)O1. The third-order valence-corrected chi connectivity index (χ3v) is 8.01. The lowest BCUT2D eigenvalue weighted by Gasteiger charge is -2.40. The molecule has 0 radical (unpaired) electrons. The topological polar surface area (TPSA) is 63.9 Å². The highest BCUT2D eigenvalue weighted by atomic mass is 35.5. The zero-order valence-electron chi connectivity index (χ0n) is 22.8. The molecule has 3 heterocycles. The molecule has 1 saturated heterocycles. The average Bonchev–Trinajstić information content (AvgIpc) is 3.32. The number of nitrogens with zero attached hydrogens (tertiary/aromatic N) is 2. The monoisotopic (exact) mass is 536 g/mol. The smallest absolute Gasteiger partial charge is 0.312 e. The molecule has 0 unspecified atom stereocenters. The first-order valence-electron chi connectivity index (χ1n) is 13.3. The maximum absolute atomic E-state index is 13.6. The number of fused-ring (bicyclic) bond motifs is 1. The Labute approximate surface area is 230 Å². The van der Waals surface area contributed by atoms with E-state index in [2.05, 4.69) is 30.5 Å². The largest absolute Gasteiger partial charge is 0.455 e. The van der Waals surface area contributed by atoms with Gasteiger partial charge in [-0.2, -0.15) is 0 Å². The third kappa shape index (κ3) is 5.28. The summed E-state index contributed by atoms with van der Waals surface area (Å²) < 4.78 is 13.9. The number of rotatable bonds is 6. The summed E-state index contributed by atoms with van der Waals surface area (Å²) >= 11 is 6.25. The summed E-state index contributed by atoms with van der Waals surface area (Å²) in [6, 6.07) is 18.0. The fourth-order valence-corrected chi connectivity index (χ4v) is 6.19. The molecule has 0 saturated carbocycles. The van der Waals surface area contributed by atoms with Gasteiger partial charge in [-0.1, -0.05) is 67.9 Å². The third-order valence-electron chi connectivity index (χ3n) is 7.75. The second-order valence-corrected chi connectivity index (χ2v) is 12.1. The van der Waals surface area contributed by atoms with Gasteiger partial charge in [0.15, 0.2) is 12.4 Å². The molecular weight excluding hydrogens is 500 g/mol. The molecule has 0 amide bonds. The highest BCUT2D eigenvalue weighted by Gasteiger charge is 2.41. The van der Waals surface area contributed by atoms with Crippen LogP contribution in [0, 0.1) is 5.41 Å². The van der Waals surface area contributed by atoms with E-state index in [9.17, 15) is 9.90 Å². The van der Waals surface area contributed by atoms with E-state index in [1.807, 2.05) is 68.4 Å². The Morgan fingerprint density at radius 2 is 1.76 bits per heavy atom. The van der Waals surface area contributed by atoms with E-state index < -0.39 is 12.4 Å². The van der Waals surface area contributed by atoms with Crippen molar-refractivity contribution >= 4 is 17.6 Å². The van der Waals surface area contributed by atoms with Crippen molar-refractivity contribution in [3.05, 3.63) is 71.0 Å². The Balaban J connectivity index is 1.58. The van der Waals surface area contributed by atoms with E-state index in [4.69, 9.17) is 21.1 Å². The minimum absolute atomic E-state index is 0.0651. The predicted molar refractivity (Wildman–Crippen MR) is 150 cm³/mol. The number of esters is 1. The van der Waals surface area contributed by atoms with Crippen molar-refractivity contribution < 1.29 is 19.4 Å². The van der Waals surface area contributed by atoms with Crippen molar-refractivity contribution in [1.82, 2.24) is 9.47 Å². The highest BCUT2D eigenvalue weighted by molar-refractivity contribution is 6.30. The molecule has 6 nitrogen and oxygen atoms in total. The normalized spacial score (nSPS) is 24.4. The van der Waals surface area contributed by atoms with Crippen LogP contribution in [0.1, 0.15) is 38.6 Å². The van der Waals surface area contributed by atoms with Gasteiger partial charge in [0.2, 0.25) is 0 Å². The molecule has 2 aliphatic rings. The van der Waals surface area contributed by atoms with Crippen LogP contribution in [0.2, 0.25) is 5.02 Å². The number of benzene rings is 2. The molecule has 4 atom stereocenters. The molecule has 1 fully saturated rings. The number of carbonyl (C=O) groups is 1. The second-order valence-electron chi connectivity index (χ2n) is 11.7. The molecule has 5 rings (SSSR count). The van der Waals surface area contributed by atoms with Crippen LogP contribution in [0.15, 0.2) is 54.6 Å². The van der Waals surface area contributed by atoms with Crippen LogP contribution in [0.3, 0.4) is 0 Å². The fourth-order valence-electron chi connectivity index (χ4n) is 6.07. The summed E-state index contributed by atoms with van der Waals surface area (Å²) in [5.41, 5.74) is 6.55. The van der Waals surface area contributed by atoms with Crippen molar-refractivity contribution in [1.29, 1.82) is 0 Å². The van der Waals surface area contributed by atoms with Gasteiger partial charge >= 0.3 is 5.97 Å². The van der Waals surface area contributed by atoms with Crippen LogP contribution in [0.4, 0.5) is 0 Å². The number of aliphatic hydroxyl groups is 1. The van der Waals surface area contributed by atoms with E-state index in [-0.39, 0.29) is 30.0 Å². The first kappa shape index (κ1) is 26.9. The van der Waals surface area contributed by atoms with Gasteiger partial charge in [0.25, 0.3) is 0 Å². The quantitative estimate of drug-likeness (QED) is 0.417. The Morgan fingerprint density at radius 1 is 1.11 bits per heavy atom. The molecule has 202 valence electrons. The minimum atomic E-state index is -1.16. The summed E-state index contributed by atoms with van der Waals surface area (Å²) in [7, 11) is 3.87. The molecule has 7 heteroatoms. The van der Waals surface area contributed by atoms with Gasteiger partial charge in [-0.25, -0.2) is 0 Å². The lowest BCUT2D eigenvalue weighted by atomic mass is 9.86. The number of ether oxygens (including phenoxy) is 2. The van der Waals surface area contributed by atoms with Crippen LogP contribution in [-0.4, -0.2) is 59.2 Å². The van der Waals surface area contributed by atoms with Gasteiger partial charge in [0.05, 0.1) is 18.6 Å². The molecule has 38 heavy (non-hydrogen) atoms. The Kier molecular flexibility index (Phi) is 7.44. The Bertz CT molecular complexity index is 1300. The lowest BCUT2D eigenvalue weighted by Crippen LogP contribution is -2.55. The number of aliphatic hydroxyl groups excluding tert-OH is 1. The maximum atomic E-state index is 13.6. The minimum Gasteiger partial charge on any atom is -0.455 e. The van der Waals surface area contributed by atoms with Gasteiger partial charge in [0, 0.05) is 34.1 Å². The first-order chi connectivity index (χ1) is 18.0. The van der Waals surface area contributed by atoms with E-state index in [0.29, 0.717) is 11.4 Å². The predicted octanol–water partition coefficient (Wildman–Crippen LogP) is 5.57. The zero-order valence-corrected chi connectivity index (χ0v) is 23.5. The Morgan fingerprint density at radius 3 is 2.42 bits per heavy atom. The summed E-state index contributed by atoms with van der Waals surface area (Å²) in [6.07, 6.45) is -0.373. The van der Waals surface area contributed by atoms with Crippen LogP contribution >= 0.6 is 11.6 Å². The highest BCUT2D eigenvalue weighted by Crippen LogP contribution is 2.47.